The first kappa shape index (κ1) is 19.4. The lowest BCUT2D eigenvalue weighted by molar-refractivity contribution is -0.131. The zero-order valence-electron chi connectivity index (χ0n) is 15.6. The van der Waals surface area contributed by atoms with Gasteiger partial charge < -0.3 is 19.6 Å². The number of carbonyl (C=O) groups excluding carboxylic acids is 2. The van der Waals surface area contributed by atoms with Gasteiger partial charge in [-0.1, -0.05) is 12.1 Å². The zero-order chi connectivity index (χ0) is 20.1. The van der Waals surface area contributed by atoms with Crippen molar-refractivity contribution in [2.75, 3.05) is 33.3 Å². The summed E-state index contributed by atoms with van der Waals surface area (Å²) in [5.74, 6) is -0.377. The van der Waals surface area contributed by atoms with Crippen LogP contribution in [-0.2, 0) is 11.2 Å². The van der Waals surface area contributed by atoms with Gasteiger partial charge in [0.25, 0.3) is 5.91 Å². The minimum atomic E-state index is -0.990. The number of rotatable bonds is 5. The van der Waals surface area contributed by atoms with E-state index in [0.29, 0.717) is 37.5 Å². The number of amides is 2. The van der Waals surface area contributed by atoms with Crippen LogP contribution in [0.15, 0.2) is 48.5 Å². The fourth-order valence-electron chi connectivity index (χ4n) is 3.13. The van der Waals surface area contributed by atoms with Gasteiger partial charge in [0.1, 0.15) is 5.75 Å². The van der Waals surface area contributed by atoms with Crippen LogP contribution in [0.2, 0.25) is 0 Å². The summed E-state index contributed by atoms with van der Waals surface area (Å²) in [5.41, 5.74) is 1.56. The van der Waals surface area contributed by atoms with E-state index in [-0.39, 0.29) is 23.8 Å². The number of benzene rings is 2. The van der Waals surface area contributed by atoms with Crippen LogP contribution in [0, 0.1) is 0 Å². The molecule has 146 valence electrons. The van der Waals surface area contributed by atoms with Crippen LogP contribution >= 0.6 is 0 Å². The molecule has 7 nitrogen and oxygen atoms in total. The van der Waals surface area contributed by atoms with Crippen molar-refractivity contribution in [2.24, 2.45) is 0 Å². The maximum atomic E-state index is 12.6. The fourth-order valence-corrected chi connectivity index (χ4v) is 3.13. The molecule has 1 aliphatic heterocycles. The molecule has 0 aliphatic carbocycles. The Bertz CT molecular complexity index is 853. The van der Waals surface area contributed by atoms with E-state index in [9.17, 15) is 14.4 Å². The number of ether oxygens (including phenoxy) is 1. The van der Waals surface area contributed by atoms with Gasteiger partial charge in [-0.3, -0.25) is 9.59 Å². The molecule has 28 heavy (non-hydrogen) atoms. The van der Waals surface area contributed by atoms with Crippen molar-refractivity contribution in [2.45, 2.75) is 6.42 Å². The van der Waals surface area contributed by atoms with E-state index < -0.39 is 5.97 Å². The number of nitrogens with zero attached hydrogens (tertiary/aromatic N) is 2. The molecule has 1 N–H and O–H groups in total. The third-order valence-electron chi connectivity index (χ3n) is 4.81. The summed E-state index contributed by atoms with van der Waals surface area (Å²) in [5, 5.41) is 8.93. The van der Waals surface area contributed by atoms with Crippen molar-refractivity contribution in [1.29, 1.82) is 0 Å². The lowest BCUT2D eigenvalue weighted by Crippen LogP contribution is -2.51. The van der Waals surface area contributed by atoms with E-state index in [1.165, 1.54) is 12.1 Å². The Morgan fingerprint density at radius 3 is 1.93 bits per heavy atom. The minimum Gasteiger partial charge on any atom is -0.497 e. The van der Waals surface area contributed by atoms with Crippen LogP contribution in [0.1, 0.15) is 26.3 Å². The Labute approximate surface area is 163 Å². The number of piperazine rings is 1. The number of hydrogen-bond acceptors (Lipinski definition) is 4. The van der Waals surface area contributed by atoms with E-state index in [2.05, 4.69) is 0 Å². The number of hydrogen-bond donors (Lipinski definition) is 1. The Hall–Kier alpha value is -3.35. The van der Waals surface area contributed by atoms with Gasteiger partial charge in [-0.05, 0) is 42.0 Å². The molecule has 0 unspecified atom stereocenters. The Morgan fingerprint density at radius 1 is 0.857 bits per heavy atom. The van der Waals surface area contributed by atoms with Crippen LogP contribution in [0.5, 0.6) is 5.75 Å². The van der Waals surface area contributed by atoms with E-state index in [4.69, 9.17) is 9.84 Å². The summed E-state index contributed by atoms with van der Waals surface area (Å²) in [7, 11) is 1.58. The van der Waals surface area contributed by atoms with Crippen LogP contribution in [0.3, 0.4) is 0 Å². The first-order chi connectivity index (χ1) is 13.5. The predicted molar refractivity (Wildman–Crippen MR) is 103 cm³/mol. The standard InChI is InChI=1S/C21H22N2O5/c1-28-18-8-6-16(7-9-18)20(25)23-12-10-22(11-13-23)19(24)14-15-2-4-17(5-3-15)21(26)27/h2-9H,10-14H2,1H3,(H,26,27). The molecule has 1 fully saturated rings. The maximum Gasteiger partial charge on any atom is 0.335 e. The van der Waals surface area contributed by atoms with Gasteiger partial charge in [-0.25, -0.2) is 4.79 Å². The van der Waals surface area contributed by atoms with Gasteiger partial charge in [-0.15, -0.1) is 0 Å². The van der Waals surface area contributed by atoms with Gasteiger partial charge in [0, 0.05) is 31.7 Å². The number of aromatic carboxylic acids is 1. The molecule has 0 atom stereocenters. The highest BCUT2D eigenvalue weighted by molar-refractivity contribution is 5.94. The molecule has 2 aromatic rings. The molecule has 7 heteroatoms. The highest BCUT2D eigenvalue weighted by Gasteiger charge is 2.25. The summed E-state index contributed by atoms with van der Waals surface area (Å²) in [6.45, 7) is 1.92. The third kappa shape index (κ3) is 4.49. The number of carboxylic acids is 1. The average molecular weight is 382 g/mol. The smallest absolute Gasteiger partial charge is 0.335 e. The molecular formula is C21H22N2O5. The van der Waals surface area contributed by atoms with Crippen LogP contribution < -0.4 is 4.74 Å². The summed E-state index contributed by atoms with van der Waals surface area (Å²) in [6.07, 6.45) is 0.215. The predicted octanol–water partition coefficient (Wildman–Crippen LogP) is 1.92. The lowest BCUT2D eigenvalue weighted by Gasteiger charge is -2.35. The molecule has 1 saturated heterocycles. The van der Waals surface area contributed by atoms with E-state index in [1.807, 2.05) is 0 Å². The SMILES string of the molecule is COc1ccc(C(=O)N2CCN(C(=O)Cc3ccc(C(=O)O)cc3)CC2)cc1. The molecule has 0 aromatic heterocycles. The number of methoxy groups -OCH3 is 1. The molecule has 0 radical (unpaired) electrons. The molecular weight excluding hydrogens is 360 g/mol. The van der Waals surface area contributed by atoms with Gasteiger partial charge in [-0.2, -0.15) is 0 Å². The van der Waals surface area contributed by atoms with Crippen molar-refractivity contribution in [3.05, 3.63) is 65.2 Å². The highest BCUT2D eigenvalue weighted by Crippen LogP contribution is 2.15. The third-order valence-corrected chi connectivity index (χ3v) is 4.81. The van der Waals surface area contributed by atoms with Gasteiger partial charge >= 0.3 is 5.97 Å². The van der Waals surface area contributed by atoms with Crippen LogP contribution in [0.25, 0.3) is 0 Å². The Balaban J connectivity index is 1.53. The van der Waals surface area contributed by atoms with Crippen molar-refractivity contribution in [1.82, 2.24) is 9.80 Å². The molecule has 2 aromatic carbocycles. The summed E-state index contributed by atoms with van der Waals surface area (Å²) < 4.78 is 5.10. The zero-order valence-corrected chi connectivity index (χ0v) is 15.6. The van der Waals surface area contributed by atoms with Crippen LogP contribution in [0.4, 0.5) is 0 Å². The van der Waals surface area contributed by atoms with E-state index in [0.717, 1.165) is 5.56 Å². The van der Waals surface area contributed by atoms with Gasteiger partial charge in [0.2, 0.25) is 5.91 Å². The Kier molecular flexibility index (Phi) is 5.93. The molecule has 2 amide bonds. The van der Waals surface area contributed by atoms with Crippen molar-refractivity contribution in [3.63, 3.8) is 0 Å². The monoisotopic (exact) mass is 382 g/mol. The fraction of sp³-hybridized carbons (Fsp3) is 0.286. The molecule has 1 heterocycles. The molecule has 1 aliphatic rings. The average Bonchev–Trinajstić information content (AvgIpc) is 2.73. The number of carbonyl (C=O) groups is 3. The second kappa shape index (κ2) is 8.56. The van der Waals surface area contributed by atoms with Gasteiger partial charge in [0.15, 0.2) is 0 Å². The summed E-state index contributed by atoms with van der Waals surface area (Å²) in [6, 6.07) is 13.3. The summed E-state index contributed by atoms with van der Waals surface area (Å²) in [4.78, 5) is 39.5. The first-order valence-electron chi connectivity index (χ1n) is 9.01. The van der Waals surface area contributed by atoms with Crippen molar-refractivity contribution < 1.29 is 24.2 Å². The highest BCUT2D eigenvalue weighted by atomic mass is 16.5. The Morgan fingerprint density at radius 2 is 1.39 bits per heavy atom. The quantitative estimate of drug-likeness (QED) is 0.854. The van der Waals surface area contributed by atoms with Gasteiger partial charge in [0.05, 0.1) is 19.1 Å². The molecule has 3 rings (SSSR count). The molecule has 0 bridgehead atoms. The first-order valence-corrected chi connectivity index (χ1v) is 9.01. The lowest BCUT2D eigenvalue weighted by atomic mass is 10.1. The normalized spacial score (nSPS) is 13.9. The minimum absolute atomic E-state index is 0.0281. The number of carboxylic acid groups (broad SMARTS) is 1. The van der Waals surface area contributed by atoms with Crippen molar-refractivity contribution >= 4 is 17.8 Å². The second-order valence-corrected chi connectivity index (χ2v) is 6.58. The molecule has 0 saturated carbocycles. The van der Waals surface area contributed by atoms with Crippen LogP contribution in [-0.4, -0.2) is 66.0 Å². The van der Waals surface area contributed by atoms with Crippen molar-refractivity contribution in [3.8, 4) is 5.75 Å². The van der Waals surface area contributed by atoms with E-state index >= 15 is 0 Å². The topological polar surface area (TPSA) is 87.2 Å². The molecule has 0 spiro atoms. The van der Waals surface area contributed by atoms with E-state index in [1.54, 1.807) is 53.3 Å². The largest absolute Gasteiger partial charge is 0.497 e. The summed E-state index contributed by atoms with van der Waals surface area (Å²) >= 11 is 0. The maximum absolute atomic E-state index is 12.6. The second-order valence-electron chi connectivity index (χ2n) is 6.58.